The Morgan fingerprint density at radius 3 is 1.96 bits per heavy atom. The molecule has 0 N–H and O–H groups in total. The number of rotatable bonds is 5. The van der Waals surface area contributed by atoms with Crippen LogP contribution in [0.2, 0.25) is 0 Å². The SMILES string of the molecule is Cc1ccc(S(=O)(=O)N(Cc2cccc(C)c2)c2cccc(C)c2)cc1. The molecule has 134 valence electrons. The highest BCUT2D eigenvalue weighted by atomic mass is 32.2. The van der Waals surface area contributed by atoms with Gasteiger partial charge in [-0.1, -0.05) is 59.7 Å². The largest absolute Gasteiger partial charge is 0.264 e. The molecule has 0 heterocycles. The third-order valence-corrected chi connectivity index (χ3v) is 6.10. The molecule has 3 nitrogen and oxygen atoms in total. The van der Waals surface area contributed by atoms with Gasteiger partial charge in [-0.15, -0.1) is 0 Å². The monoisotopic (exact) mass is 365 g/mol. The molecule has 0 aliphatic rings. The first kappa shape index (κ1) is 18.2. The summed E-state index contributed by atoms with van der Waals surface area (Å²) in [5.74, 6) is 0. The minimum atomic E-state index is -3.67. The van der Waals surface area contributed by atoms with Crippen LogP contribution in [0.1, 0.15) is 22.3 Å². The van der Waals surface area contributed by atoms with Crippen molar-refractivity contribution in [2.75, 3.05) is 4.31 Å². The number of hydrogen-bond donors (Lipinski definition) is 0. The Morgan fingerprint density at radius 1 is 0.731 bits per heavy atom. The van der Waals surface area contributed by atoms with Gasteiger partial charge < -0.3 is 0 Å². The zero-order chi connectivity index (χ0) is 18.7. The first-order valence-electron chi connectivity index (χ1n) is 8.58. The van der Waals surface area contributed by atoms with E-state index in [-0.39, 0.29) is 0 Å². The Morgan fingerprint density at radius 2 is 1.35 bits per heavy atom. The fourth-order valence-corrected chi connectivity index (χ4v) is 4.36. The van der Waals surface area contributed by atoms with Gasteiger partial charge in [-0.2, -0.15) is 0 Å². The summed E-state index contributed by atoms with van der Waals surface area (Å²) in [5, 5.41) is 0. The summed E-state index contributed by atoms with van der Waals surface area (Å²) in [6.45, 7) is 6.21. The van der Waals surface area contributed by atoms with Gasteiger partial charge in [0.25, 0.3) is 10.0 Å². The molecular formula is C22H23NO2S. The van der Waals surface area contributed by atoms with Crippen molar-refractivity contribution in [1.29, 1.82) is 0 Å². The lowest BCUT2D eigenvalue weighted by Crippen LogP contribution is -2.30. The van der Waals surface area contributed by atoms with Crippen molar-refractivity contribution < 1.29 is 8.42 Å². The van der Waals surface area contributed by atoms with E-state index in [1.165, 1.54) is 4.31 Å². The molecule has 0 spiro atoms. The first-order chi connectivity index (χ1) is 12.4. The number of sulfonamides is 1. The van der Waals surface area contributed by atoms with E-state index in [1.807, 2.05) is 81.4 Å². The van der Waals surface area contributed by atoms with Gasteiger partial charge >= 0.3 is 0 Å². The van der Waals surface area contributed by atoms with Crippen LogP contribution in [0.15, 0.2) is 77.7 Å². The minimum Gasteiger partial charge on any atom is -0.262 e. The second kappa shape index (κ2) is 7.34. The third kappa shape index (κ3) is 3.97. The van der Waals surface area contributed by atoms with Gasteiger partial charge in [-0.05, 0) is 56.2 Å². The number of benzene rings is 3. The van der Waals surface area contributed by atoms with E-state index in [4.69, 9.17) is 0 Å². The Hall–Kier alpha value is -2.59. The molecule has 0 saturated heterocycles. The predicted molar refractivity (Wildman–Crippen MR) is 107 cm³/mol. The maximum Gasteiger partial charge on any atom is 0.264 e. The van der Waals surface area contributed by atoms with Crippen LogP contribution >= 0.6 is 0 Å². The van der Waals surface area contributed by atoms with E-state index < -0.39 is 10.0 Å². The lowest BCUT2D eigenvalue weighted by Gasteiger charge is -2.25. The van der Waals surface area contributed by atoms with Crippen molar-refractivity contribution in [1.82, 2.24) is 0 Å². The molecule has 0 aliphatic heterocycles. The second-order valence-corrected chi connectivity index (χ2v) is 8.52. The highest BCUT2D eigenvalue weighted by Gasteiger charge is 2.25. The molecule has 3 aromatic rings. The van der Waals surface area contributed by atoms with Crippen LogP contribution in [0.3, 0.4) is 0 Å². The average Bonchev–Trinajstić information content (AvgIpc) is 2.60. The average molecular weight is 365 g/mol. The highest BCUT2D eigenvalue weighted by Crippen LogP contribution is 2.27. The zero-order valence-corrected chi connectivity index (χ0v) is 16.1. The van der Waals surface area contributed by atoms with Gasteiger partial charge in [0.15, 0.2) is 0 Å². The normalized spacial score (nSPS) is 11.3. The summed E-state index contributed by atoms with van der Waals surface area (Å²) in [7, 11) is -3.67. The molecule has 3 aromatic carbocycles. The molecule has 0 fully saturated rings. The fourth-order valence-electron chi connectivity index (χ4n) is 2.91. The maximum absolute atomic E-state index is 13.4. The summed E-state index contributed by atoms with van der Waals surface area (Å²) < 4.78 is 28.2. The molecule has 0 unspecified atom stereocenters. The molecular weight excluding hydrogens is 342 g/mol. The van der Waals surface area contributed by atoms with E-state index in [9.17, 15) is 8.42 Å². The molecule has 0 atom stereocenters. The Bertz CT molecular complexity index is 1010. The Kier molecular flexibility index (Phi) is 5.14. The van der Waals surface area contributed by atoms with Crippen molar-refractivity contribution >= 4 is 15.7 Å². The summed E-state index contributed by atoms with van der Waals surface area (Å²) >= 11 is 0. The van der Waals surface area contributed by atoms with Crippen LogP contribution in [-0.4, -0.2) is 8.42 Å². The van der Waals surface area contributed by atoms with Crippen LogP contribution < -0.4 is 4.31 Å². The summed E-state index contributed by atoms with van der Waals surface area (Å²) in [6, 6.07) is 22.5. The predicted octanol–water partition coefficient (Wildman–Crippen LogP) is 5.01. The van der Waals surface area contributed by atoms with Gasteiger partial charge in [0.05, 0.1) is 17.1 Å². The van der Waals surface area contributed by atoms with Gasteiger partial charge in [0.1, 0.15) is 0 Å². The molecule has 0 aliphatic carbocycles. The van der Waals surface area contributed by atoms with Gasteiger partial charge in [-0.3, -0.25) is 4.31 Å². The molecule has 4 heteroatoms. The van der Waals surface area contributed by atoms with Crippen LogP contribution in [0, 0.1) is 20.8 Å². The quantitative estimate of drug-likeness (QED) is 0.637. The van der Waals surface area contributed by atoms with Crippen molar-refractivity contribution in [3.8, 4) is 0 Å². The molecule has 0 saturated carbocycles. The lowest BCUT2D eigenvalue weighted by atomic mass is 10.1. The highest BCUT2D eigenvalue weighted by molar-refractivity contribution is 7.92. The van der Waals surface area contributed by atoms with E-state index in [0.29, 0.717) is 17.1 Å². The van der Waals surface area contributed by atoms with Gasteiger partial charge in [0, 0.05) is 0 Å². The van der Waals surface area contributed by atoms with E-state index >= 15 is 0 Å². The van der Waals surface area contributed by atoms with Crippen molar-refractivity contribution in [3.05, 3.63) is 95.1 Å². The molecule has 26 heavy (non-hydrogen) atoms. The van der Waals surface area contributed by atoms with Crippen molar-refractivity contribution in [2.45, 2.75) is 32.2 Å². The number of hydrogen-bond acceptors (Lipinski definition) is 2. The maximum atomic E-state index is 13.4. The van der Waals surface area contributed by atoms with Gasteiger partial charge in [-0.25, -0.2) is 8.42 Å². The second-order valence-electron chi connectivity index (χ2n) is 6.65. The van der Waals surface area contributed by atoms with Crippen LogP contribution in [0.25, 0.3) is 0 Å². The molecule has 0 aromatic heterocycles. The fraction of sp³-hybridized carbons (Fsp3) is 0.182. The Labute approximate surface area is 156 Å². The topological polar surface area (TPSA) is 37.4 Å². The van der Waals surface area contributed by atoms with Crippen LogP contribution in [0.5, 0.6) is 0 Å². The molecule has 0 amide bonds. The lowest BCUT2D eigenvalue weighted by molar-refractivity contribution is 0.590. The summed E-state index contributed by atoms with van der Waals surface area (Å²) in [4.78, 5) is 0.303. The summed E-state index contributed by atoms with van der Waals surface area (Å²) in [5.41, 5.74) is 4.80. The standard InChI is InChI=1S/C22H23NO2S/c1-17-10-12-22(13-11-17)26(24,25)23(21-9-5-7-19(3)15-21)16-20-8-4-6-18(2)14-20/h4-15H,16H2,1-3H3. The van der Waals surface area contributed by atoms with E-state index in [1.54, 1.807) is 12.1 Å². The van der Waals surface area contributed by atoms with E-state index in [2.05, 4.69) is 0 Å². The molecule has 0 bridgehead atoms. The summed E-state index contributed by atoms with van der Waals surface area (Å²) in [6.07, 6.45) is 0. The molecule has 0 radical (unpaired) electrons. The number of aryl methyl sites for hydroxylation is 3. The van der Waals surface area contributed by atoms with Crippen molar-refractivity contribution in [3.63, 3.8) is 0 Å². The van der Waals surface area contributed by atoms with Crippen LogP contribution in [-0.2, 0) is 16.6 Å². The molecule has 3 rings (SSSR count). The zero-order valence-electron chi connectivity index (χ0n) is 15.3. The smallest absolute Gasteiger partial charge is 0.262 e. The number of nitrogens with zero attached hydrogens (tertiary/aromatic N) is 1. The van der Waals surface area contributed by atoms with E-state index in [0.717, 1.165) is 22.3 Å². The van der Waals surface area contributed by atoms with Gasteiger partial charge in [0.2, 0.25) is 0 Å². The number of anilines is 1. The Balaban J connectivity index is 2.09. The minimum absolute atomic E-state index is 0.293. The van der Waals surface area contributed by atoms with Crippen LogP contribution in [0.4, 0.5) is 5.69 Å². The third-order valence-electron chi connectivity index (χ3n) is 4.31. The van der Waals surface area contributed by atoms with Crippen molar-refractivity contribution in [2.24, 2.45) is 0 Å². The first-order valence-corrected chi connectivity index (χ1v) is 10.0.